The summed E-state index contributed by atoms with van der Waals surface area (Å²) in [6.07, 6.45) is 0. The van der Waals surface area contributed by atoms with Crippen LogP contribution in [-0.2, 0) is 10.4 Å². The number of likely N-dealkylation sites (N-methyl/N-ethyl adjacent to an activating group) is 2. The summed E-state index contributed by atoms with van der Waals surface area (Å²) in [6.45, 7) is 3.13. The van der Waals surface area contributed by atoms with E-state index in [4.69, 9.17) is 40.5 Å². The van der Waals surface area contributed by atoms with Crippen LogP contribution in [0.1, 0.15) is 0 Å². The van der Waals surface area contributed by atoms with E-state index in [1.165, 1.54) is 0 Å². The first-order valence-electron chi connectivity index (χ1n) is 6.35. The summed E-state index contributed by atoms with van der Waals surface area (Å²) in [4.78, 5) is 11.6. The Morgan fingerprint density at radius 1 is 0.826 bits per heavy atom. The lowest BCUT2D eigenvalue weighted by Gasteiger charge is -2.05. The Morgan fingerprint density at radius 2 is 1.04 bits per heavy atom. The van der Waals surface area contributed by atoms with Gasteiger partial charge in [-0.25, -0.2) is 0 Å². The van der Waals surface area contributed by atoms with Gasteiger partial charge in [0.15, 0.2) is 11.9 Å². The van der Waals surface area contributed by atoms with Gasteiger partial charge in [-0.3, -0.25) is 19.1 Å². The maximum absolute atomic E-state index is 8.74. The van der Waals surface area contributed by atoms with Gasteiger partial charge in [-0.15, -0.1) is 0 Å². The molecule has 0 saturated heterocycles. The van der Waals surface area contributed by atoms with Crippen molar-refractivity contribution in [2.45, 2.75) is 0 Å². The second-order valence-electron chi connectivity index (χ2n) is 4.67. The number of guanidine groups is 2. The predicted octanol–water partition coefficient (Wildman–Crippen LogP) is -3.01. The Labute approximate surface area is 137 Å². The Morgan fingerprint density at radius 3 is 1.17 bits per heavy atom. The fourth-order valence-electron chi connectivity index (χ4n) is 0.758. The summed E-state index contributed by atoms with van der Waals surface area (Å²) in [7, 11) is 3.23. The van der Waals surface area contributed by atoms with Crippen molar-refractivity contribution in [3.05, 3.63) is 0 Å². The average Bonchev–Trinajstić information content (AvgIpc) is 2.25. The standard InChI is InChI=1S/2C5H14N4.H2O4S/c2*1-9(2)4-3-8-5(6)7;1-5(2,3)4/h2*3-4H2,1-2H3,(H4,6,7,8);(H2,1,2,3,4). The molecule has 0 aliphatic rings. The van der Waals surface area contributed by atoms with Crippen molar-refractivity contribution in [2.75, 3.05) is 54.4 Å². The molecule has 0 fully saturated rings. The number of aliphatic imine (C=N–C) groups is 2. The molecule has 0 aromatic carbocycles. The lowest BCUT2D eigenvalue weighted by atomic mass is 10.6. The number of nitrogens with two attached hydrogens (primary N) is 4. The molecule has 0 spiro atoms. The quantitative estimate of drug-likeness (QED) is 0.161. The second-order valence-corrected chi connectivity index (χ2v) is 5.56. The molecule has 0 heterocycles. The van der Waals surface area contributed by atoms with Gasteiger partial charge in [0.25, 0.3) is 0 Å². The first kappa shape index (κ1) is 26.2. The number of hydrogen-bond acceptors (Lipinski definition) is 6. The third-order valence-corrected chi connectivity index (χ3v) is 1.68. The van der Waals surface area contributed by atoms with E-state index < -0.39 is 10.4 Å². The SMILES string of the molecule is CN(C)CCN=C(N)N.CN(C)CCN=C(N)N.O=S(=O)(O)O. The molecule has 0 aliphatic carbocycles. The zero-order valence-electron chi connectivity index (χ0n) is 14.0. The molecule has 0 amide bonds. The number of rotatable bonds is 6. The van der Waals surface area contributed by atoms with Gasteiger partial charge in [-0.1, -0.05) is 0 Å². The minimum absolute atomic E-state index is 0.164. The summed E-state index contributed by atoms with van der Waals surface area (Å²) >= 11 is 0. The van der Waals surface area contributed by atoms with Crippen LogP contribution in [0.4, 0.5) is 0 Å². The molecule has 0 bridgehead atoms. The van der Waals surface area contributed by atoms with Crippen LogP contribution in [-0.4, -0.2) is 93.6 Å². The summed E-state index contributed by atoms with van der Waals surface area (Å²) in [5.74, 6) is 0.328. The van der Waals surface area contributed by atoms with Crippen LogP contribution in [0.5, 0.6) is 0 Å². The first-order chi connectivity index (χ1) is 10.3. The highest BCUT2D eigenvalue weighted by molar-refractivity contribution is 7.79. The molecule has 0 saturated carbocycles. The average molecular weight is 358 g/mol. The highest BCUT2D eigenvalue weighted by Gasteiger charge is 1.86. The molecular formula is C10H30N8O4S. The monoisotopic (exact) mass is 358 g/mol. The van der Waals surface area contributed by atoms with Crippen LogP contribution in [0.2, 0.25) is 0 Å². The van der Waals surface area contributed by atoms with Gasteiger partial charge >= 0.3 is 10.4 Å². The van der Waals surface area contributed by atoms with Crippen LogP contribution < -0.4 is 22.9 Å². The minimum Gasteiger partial charge on any atom is -0.370 e. The molecule has 0 aromatic rings. The lowest BCUT2D eigenvalue weighted by Crippen LogP contribution is -2.25. The molecule has 140 valence electrons. The Balaban J connectivity index is -0.000000273. The molecule has 0 rings (SSSR count). The van der Waals surface area contributed by atoms with E-state index in [9.17, 15) is 0 Å². The van der Waals surface area contributed by atoms with E-state index >= 15 is 0 Å². The number of nitrogens with zero attached hydrogens (tertiary/aromatic N) is 4. The largest absolute Gasteiger partial charge is 0.394 e. The molecule has 0 aromatic heterocycles. The molecule has 12 nitrogen and oxygen atoms in total. The van der Waals surface area contributed by atoms with Gasteiger partial charge in [-0.05, 0) is 28.2 Å². The van der Waals surface area contributed by atoms with E-state index in [2.05, 4.69) is 9.98 Å². The summed E-state index contributed by atoms with van der Waals surface area (Å²) in [6, 6.07) is 0. The second kappa shape index (κ2) is 15.2. The summed E-state index contributed by atoms with van der Waals surface area (Å²) in [5.41, 5.74) is 20.4. The molecular weight excluding hydrogens is 328 g/mol. The van der Waals surface area contributed by atoms with E-state index in [0.717, 1.165) is 13.1 Å². The maximum Gasteiger partial charge on any atom is 0.394 e. The fourth-order valence-corrected chi connectivity index (χ4v) is 0.758. The first-order valence-corrected chi connectivity index (χ1v) is 7.75. The van der Waals surface area contributed by atoms with Crippen molar-refractivity contribution in [3.63, 3.8) is 0 Å². The Bertz CT molecular complexity index is 394. The van der Waals surface area contributed by atoms with Gasteiger partial charge in [0.1, 0.15) is 0 Å². The van der Waals surface area contributed by atoms with Gasteiger partial charge < -0.3 is 32.7 Å². The fraction of sp³-hybridized carbons (Fsp3) is 0.800. The predicted molar refractivity (Wildman–Crippen MR) is 92.6 cm³/mol. The third kappa shape index (κ3) is 64.0. The lowest BCUT2D eigenvalue weighted by molar-refractivity contribution is 0.381. The van der Waals surface area contributed by atoms with Gasteiger partial charge in [-0.2, -0.15) is 8.42 Å². The highest BCUT2D eigenvalue weighted by Crippen LogP contribution is 1.74. The molecule has 0 unspecified atom stereocenters. The number of hydrogen-bond donors (Lipinski definition) is 6. The molecule has 0 atom stereocenters. The summed E-state index contributed by atoms with van der Waals surface area (Å²) < 4.78 is 31.6. The van der Waals surface area contributed by atoms with Gasteiger partial charge in [0, 0.05) is 13.1 Å². The zero-order chi connectivity index (χ0) is 19.1. The van der Waals surface area contributed by atoms with Crippen LogP contribution in [0.15, 0.2) is 9.98 Å². The molecule has 10 N–H and O–H groups in total. The molecule has 0 radical (unpaired) electrons. The van der Waals surface area contributed by atoms with Crippen LogP contribution in [0.25, 0.3) is 0 Å². The van der Waals surface area contributed by atoms with E-state index in [1.807, 2.05) is 38.0 Å². The maximum atomic E-state index is 8.74. The van der Waals surface area contributed by atoms with Crippen LogP contribution in [0, 0.1) is 0 Å². The van der Waals surface area contributed by atoms with Crippen LogP contribution in [0.3, 0.4) is 0 Å². The van der Waals surface area contributed by atoms with E-state index in [1.54, 1.807) is 0 Å². The normalized spacial score (nSPS) is 10.1. The minimum atomic E-state index is -4.67. The van der Waals surface area contributed by atoms with E-state index in [-0.39, 0.29) is 11.9 Å². The highest BCUT2D eigenvalue weighted by atomic mass is 32.3. The molecule has 0 aliphatic heterocycles. The topological polar surface area (TPSA) is 210 Å². The van der Waals surface area contributed by atoms with E-state index in [0.29, 0.717) is 13.1 Å². The molecule has 23 heavy (non-hydrogen) atoms. The van der Waals surface area contributed by atoms with Gasteiger partial charge in [0.2, 0.25) is 0 Å². The van der Waals surface area contributed by atoms with Crippen molar-refractivity contribution in [2.24, 2.45) is 32.9 Å². The summed E-state index contributed by atoms with van der Waals surface area (Å²) in [5, 5.41) is 0. The molecule has 13 heteroatoms. The Kier molecular flexibility index (Phi) is 17.4. The zero-order valence-corrected chi connectivity index (χ0v) is 14.9. The van der Waals surface area contributed by atoms with Crippen molar-refractivity contribution in [1.82, 2.24) is 9.80 Å². The van der Waals surface area contributed by atoms with Crippen molar-refractivity contribution in [3.8, 4) is 0 Å². The van der Waals surface area contributed by atoms with Crippen molar-refractivity contribution in [1.29, 1.82) is 0 Å². The smallest absolute Gasteiger partial charge is 0.370 e. The Hall–Kier alpha value is -1.67. The van der Waals surface area contributed by atoms with Crippen molar-refractivity contribution >= 4 is 22.3 Å². The third-order valence-electron chi connectivity index (χ3n) is 1.68. The van der Waals surface area contributed by atoms with Gasteiger partial charge in [0.05, 0.1) is 13.1 Å². The van der Waals surface area contributed by atoms with Crippen LogP contribution >= 0.6 is 0 Å². The van der Waals surface area contributed by atoms with Crippen molar-refractivity contribution < 1.29 is 17.5 Å².